The summed E-state index contributed by atoms with van der Waals surface area (Å²) in [6.45, 7) is 6.47. The van der Waals surface area contributed by atoms with Crippen molar-refractivity contribution in [1.82, 2.24) is 4.90 Å². The summed E-state index contributed by atoms with van der Waals surface area (Å²) in [5.74, 6) is -0.318. The molecule has 0 aliphatic carbocycles. The van der Waals surface area contributed by atoms with Gasteiger partial charge in [-0.05, 0) is 31.4 Å². The first-order valence-electron chi connectivity index (χ1n) is 7.11. The van der Waals surface area contributed by atoms with Crippen LogP contribution in [0.25, 0.3) is 0 Å². The molecule has 1 unspecified atom stereocenters. The number of nitrogens with two attached hydrogens (primary N) is 1. The van der Waals surface area contributed by atoms with Crippen LogP contribution in [0.2, 0.25) is 0 Å². The Hall–Kier alpha value is -1.93. The van der Waals surface area contributed by atoms with Gasteiger partial charge in [-0.15, -0.1) is 0 Å². The van der Waals surface area contributed by atoms with Crippen molar-refractivity contribution in [1.29, 1.82) is 5.26 Å². The fourth-order valence-corrected chi connectivity index (χ4v) is 2.14. The summed E-state index contributed by atoms with van der Waals surface area (Å²) in [6, 6.07) is 5.59. The molecule has 0 spiro atoms. The molecule has 4 nitrogen and oxygen atoms in total. The molecule has 1 rings (SSSR count). The number of halogens is 1. The topological polar surface area (TPSA) is 70.1 Å². The number of carbonyl (C=O) groups is 1. The van der Waals surface area contributed by atoms with Crippen molar-refractivity contribution in [2.24, 2.45) is 11.7 Å². The number of amides is 1. The van der Waals surface area contributed by atoms with Gasteiger partial charge in [0.25, 0.3) is 0 Å². The molecule has 1 aromatic rings. The first-order valence-corrected chi connectivity index (χ1v) is 7.11. The van der Waals surface area contributed by atoms with Crippen LogP contribution in [0.5, 0.6) is 0 Å². The third-order valence-corrected chi connectivity index (χ3v) is 3.28. The van der Waals surface area contributed by atoms with E-state index in [0.717, 1.165) is 0 Å². The molecule has 0 aromatic heterocycles. The predicted molar refractivity (Wildman–Crippen MR) is 79.6 cm³/mol. The number of nitrogens with zero attached hydrogens (tertiary/aromatic N) is 2. The van der Waals surface area contributed by atoms with Gasteiger partial charge in [0.1, 0.15) is 5.82 Å². The lowest BCUT2D eigenvalue weighted by atomic mass is 10.0. The first kappa shape index (κ1) is 17.1. The summed E-state index contributed by atoms with van der Waals surface area (Å²) in [7, 11) is 0. The highest BCUT2D eigenvalue weighted by Gasteiger charge is 2.21. The zero-order chi connectivity index (χ0) is 16.0. The van der Waals surface area contributed by atoms with E-state index in [4.69, 9.17) is 11.0 Å². The Kier molecular flexibility index (Phi) is 6.32. The Morgan fingerprint density at radius 1 is 1.48 bits per heavy atom. The molecule has 2 N–H and O–H groups in total. The van der Waals surface area contributed by atoms with Crippen molar-refractivity contribution in [3.63, 3.8) is 0 Å². The van der Waals surface area contributed by atoms with Gasteiger partial charge in [0.05, 0.1) is 17.7 Å². The SMILES string of the molecule is CCN(Cc1ccc(C#N)cc1F)C(=O)C(N)CC(C)C. The lowest BCUT2D eigenvalue weighted by Gasteiger charge is -2.25. The van der Waals surface area contributed by atoms with Crippen LogP contribution < -0.4 is 5.73 Å². The molecule has 0 aliphatic rings. The Morgan fingerprint density at radius 2 is 2.14 bits per heavy atom. The third kappa shape index (κ3) is 4.83. The molecule has 0 radical (unpaired) electrons. The normalized spacial score (nSPS) is 12.0. The van der Waals surface area contributed by atoms with Crippen molar-refractivity contribution in [3.05, 3.63) is 35.1 Å². The van der Waals surface area contributed by atoms with Crippen LogP contribution in [0, 0.1) is 23.1 Å². The molecule has 1 aromatic carbocycles. The van der Waals surface area contributed by atoms with Crippen LogP contribution in [0.1, 0.15) is 38.3 Å². The standard InChI is InChI=1S/C16H22FN3O/c1-4-20(16(21)15(19)7-11(2)3)10-13-6-5-12(9-18)8-14(13)17/h5-6,8,11,15H,4,7,10,19H2,1-3H3. The number of nitriles is 1. The van der Waals surface area contributed by atoms with Crippen LogP contribution in [-0.4, -0.2) is 23.4 Å². The smallest absolute Gasteiger partial charge is 0.239 e. The minimum absolute atomic E-state index is 0.165. The van der Waals surface area contributed by atoms with Gasteiger partial charge in [-0.25, -0.2) is 4.39 Å². The van der Waals surface area contributed by atoms with Crippen molar-refractivity contribution in [3.8, 4) is 6.07 Å². The van der Waals surface area contributed by atoms with Crippen molar-refractivity contribution >= 4 is 5.91 Å². The fourth-order valence-electron chi connectivity index (χ4n) is 2.14. The van der Waals surface area contributed by atoms with Gasteiger partial charge >= 0.3 is 0 Å². The monoisotopic (exact) mass is 291 g/mol. The summed E-state index contributed by atoms with van der Waals surface area (Å²) in [6.07, 6.45) is 0.602. The fraction of sp³-hybridized carbons (Fsp3) is 0.500. The second-order valence-corrected chi connectivity index (χ2v) is 5.51. The molecule has 0 saturated heterocycles. The Morgan fingerprint density at radius 3 is 2.62 bits per heavy atom. The second kappa shape index (κ2) is 7.75. The highest BCUT2D eigenvalue weighted by molar-refractivity contribution is 5.81. The highest BCUT2D eigenvalue weighted by atomic mass is 19.1. The third-order valence-electron chi connectivity index (χ3n) is 3.28. The minimum Gasteiger partial charge on any atom is -0.337 e. The van der Waals surface area contributed by atoms with Crippen molar-refractivity contribution < 1.29 is 9.18 Å². The lowest BCUT2D eigenvalue weighted by molar-refractivity contribution is -0.133. The van der Waals surface area contributed by atoms with E-state index in [1.165, 1.54) is 17.0 Å². The summed E-state index contributed by atoms with van der Waals surface area (Å²) < 4.78 is 13.9. The van der Waals surface area contributed by atoms with Gasteiger partial charge in [-0.3, -0.25) is 4.79 Å². The van der Waals surface area contributed by atoms with E-state index in [-0.39, 0.29) is 18.0 Å². The number of hydrogen-bond acceptors (Lipinski definition) is 3. The van der Waals surface area contributed by atoms with Gasteiger partial charge in [0.2, 0.25) is 5.91 Å². The summed E-state index contributed by atoms with van der Waals surface area (Å²) in [5, 5.41) is 8.73. The van der Waals surface area contributed by atoms with Crippen molar-refractivity contribution in [2.75, 3.05) is 6.54 Å². The van der Waals surface area contributed by atoms with Gasteiger partial charge in [0, 0.05) is 18.7 Å². The van der Waals surface area contributed by atoms with Crippen LogP contribution >= 0.6 is 0 Å². The minimum atomic E-state index is -0.564. The number of likely N-dealkylation sites (N-methyl/N-ethyl adjacent to an activating group) is 1. The second-order valence-electron chi connectivity index (χ2n) is 5.51. The molecule has 0 aliphatic heterocycles. The molecule has 0 fully saturated rings. The molecule has 0 bridgehead atoms. The maximum Gasteiger partial charge on any atom is 0.239 e. The van der Waals surface area contributed by atoms with Crippen LogP contribution in [-0.2, 0) is 11.3 Å². The van der Waals surface area contributed by atoms with E-state index in [2.05, 4.69) is 0 Å². The van der Waals surface area contributed by atoms with E-state index < -0.39 is 11.9 Å². The van der Waals surface area contributed by atoms with E-state index in [9.17, 15) is 9.18 Å². The number of rotatable bonds is 6. The molecule has 114 valence electrons. The number of benzene rings is 1. The summed E-state index contributed by atoms with van der Waals surface area (Å²) in [5.41, 5.74) is 6.56. The Balaban J connectivity index is 2.83. The summed E-state index contributed by atoms with van der Waals surface area (Å²) in [4.78, 5) is 13.8. The molecule has 1 atom stereocenters. The number of carbonyl (C=O) groups excluding carboxylic acids is 1. The van der Waals surface area contributed by atoms with E-state index in [0.29, 0.717) is 24.4 Å². The molecule has 1 amide bonds. The van der Waals surface area contributed by atoms with E-state index in [1.807, 2.05) is 26.8 Å². The molecule has 0 saturated carbocycles. The molecule has 5 heteroatoms. The van der Waals surface area contributed by atoms with E-state index in [1.54, 1.807) is 6.07 Å². The lowest BCUT2D eigenvalue weighted by Crippen LogP contribution is -2.44. The van der Waals surface area contributed by atoms with Crippen LogP contribution in [0.15, 0.2) is 18.2 Å². The first-order chi connectivity index (χ1) is 9.88. The van der Waals surface area contributed by atoms with Crippen molar-refractivity contribution in [2.45, 2.75) is 39.8 Å². The average Bonchev–Trinajstić information content (AvgIpc) is 2.44. The predicted octanol–water partition coefficient (Wildman–Crippen LogP) is 2.42. The van der Waals surface area contributed by atoms with Gasteiger partial charge in [-0.1, -0.05) is 19.9 Å². The van der Waals surface area contributed by atoms with E-state index >= 15 is 0 Å². The quantitative estimate of drug-likeness (QED) is 0.875. The molecule has 21 heavy (non-hydrogen) atoms. The highest BCUT2D eigenvalue weighted by Crippen LogP contribution is 2.14. The maximum absolute atomic E-state index is 13.9. The Bertz CT molecular complexity index is 537. The largest absolute Gasteiger partial charge is 0.337 e. The molecular weight excluding hydrogens is 269 g/mol. The number of hydrogen-bond donors (Lipinski definition) is 1. The molecule has 0 heterocycles. The van der Waals surface area contributed by atoms with Gasteiger partial charge in [-0.2, -0.15) is 5.26 Å². The van der Waals surface area contributed by atoms with Gasteiger partial charge in [0.15, 0.2) is 0 Å². The Labute approximate surface area is 125 Å². The van der Waals surface area contributed by atoms with Crippen LogP contribution in [0.3, 0.4) is 0 Å². The summed E-state index contributed by atoms with van der Waals surface area (Å²) >= 11 is 0. The van der Waals surface area contributed by atoms with Gasteiger partial charge < -0.3 is 10.6 Å². The zero-order valence-electron chi connectivity index (χ0n) is 12.8. The zero-order valence-corrected chi connectivity index (χ0v) is 12.8. The van der Waals surface area contributed by atoms with Crippen LogP contribution in [0.4, 0.5) is 4.39 Å². The average molecular weight is 291 g/mol. The molecular formula is C16H22FN3O. The maximum atomic E-state index is 13.9.